The van der Waals surface area contributed by atoms with Crippen molar-refractivity contribution in [2.45, 2.75) is 50.7 Å². The van der Waals surface area contributed by atoms with E-state index in [9.17, 15) is 44.3 Å². The molecule has 0 radical (unpaired) electrons. The highest BCUT2D eigenvalue weighted by Crippen LogP contribution is 2.47. The standard InChI is InChI=1S/C17H18F6O7S/c1-11-5-2-3-6-12(11)9-29-13(24)7-4-8-14(25)30-15(16(18,19)20,17(21,22)23)10-31(26,27)28/h2-3,5-6H,4,7-10H2,1H3,(H,26,27,28). The molecule has 0 saturated carbocycles. The van der Waals surface area contributed by atoms with Crippen molar-refractivity contribution in [2.24, 2.45) is 0 Å². The summed E-state index contributed by atoms with van der Waals surface area (Å²) >= 11 is 0. The van der Waals surface area contributed by atoms with E-state index in [2.05, 4.69) is 4.74 Å². The average molecular weight is 480 g/mol. The van der Waals surface area contributed by atoms with Crippen LogP contribution in [0.2, 0.25) is 0 Å². The van der Waals surface area contributed by atoms with Gasteiger partial charge in [-0.1, -0.05) is 24.3 Å². The highest BCUT2D eigenvalue weighted by atomic mass is 32.2. The van der Waals surface area contributed by atoms with Gasteiger partial charge in [-0.15, -0.1) is 0 Å². The molecule has 1 aromatic carbocycles. The average Bonchev–Trinajstić information content (AvgIpc) is 2.57. The number of carbonyl (C=O) groups is 2. The molecule has 0 bridgehead atoms. The van der Waals surface area contributed by atoms with E-state index in [1.807, 2.05) is 0 Å². The Morgan fingerprint density at radius 1 is 0.968 bits per heavy atom. The molecule has 0 spiro atoms. The van der Waals surface area contributed by atoms with Gasteiger partial charge in [-0.05, 0) is 24.5 Å². The summed E-state index contributed by atoms with van der Waals surface area (Å²) in [4.78, 5) is 23.2. The minimum Gasteiger partial charge on any atom is -0.461 e. The zero-order valence-corrected chi connectivity index (χ0v) is 16.7. The van der Waals surface area contributed by atoms with Crippen molar-refractivity contribution in [1.82, 2.24) is 0 Å². The monoisotopic (exact) mass is 480 g/mol. The van der Waals surface area contributed by atoms with Crippen LogP contribution in [0.5, 0.6) is 0 Å². The van der Waals surface area contributed by atoms with Gasteiger partial charge in [0.05, 0.1) is 0 Å². The van der Waals surface area contributed by atoms with Crippen molar-refractivity contribution in [1.29, 1.82) is 0 Å². The molecule has 0 atom stereocenters. The molecule has 0 aliphatic carbocycles. The first-order valence-corrected chi connectivity index (χ1v) is 10.1. The van der Waals surface area contributed by atoms with Crippen LogP contribution in [0.1, 0.15) is 30.4 Å². The third-order valence-corrected chi connectivity index (χ3v) is 4.77. The molecule has 0 fully saturated rings. The normalized spacial score (nSPS) is 13.0. The molecule has 0 aromatic heterocycles. The summed E-state index contributed by atoms with van der Waals surface area (Å²) in [7, 11) is -5.86. The van der Waals surface area contributed by atoms with Crippen LogP contribution in [0.3, 0.4) is 0 Å². The molecule has 0 aliphatic heterocycles. The predicted octanol–water partition coefficient (Wildman–Crippen LogP) is 3.50. The van der Waals surface area contributed by atoms with Gasteiger partial charge in [0.15, 0.2) is 0 Å². The van der Waals surface area contributed by atoms with Crippen molar-refractivity contribution >= 4 is 22.1 Å². The smallest absolute Gasteiger partial charge is 0.438 e. The fraction of sp³-hybridized carbons (Fsp3) is 0.529. The Morgan fingerprint density at radius 2 is 1.48 bits per heavy atom. The molecule has 1 N–H and O–H groups in total. The highest BCUT2D eigenvalue weighted by Gasteiger charge is 2.75. The van der Waals surface area contributed by atoms with Crippen LogP contribution >= 0.6 is 0 Å². The molecule has 1 rings (SSSR count). The Kier molecular flexibility index (Phi) is 8.48. The first kappa shape index (κ1) is 26.7. The van der Waals surface area contributed by atoms with E-state index in [0.29, 0.717) is 5.56 Å². The van der Waals surface area contributed by atoms with E-state index >= 15 is 0 Å². The largest absolute Gasteiger partial charge is 0.461 e. The third-order valence-electron chi connectivity index (χ3n) is 4.00. The molecule has 0 amide bonds. The summed E-state index contributed by atoms with van der Waals surface area (Å²) in [6.45, 7) is 1.62. The van der Waals surface area contributed by atoms with Crippen molar-refractivity contribution in [3.05, 3.63) is 35.4 Å². The van der Waals surface area contributed by atoms with Gasteiger partial charge in [-0.3, -0.25) is 14.1 Å². The quantitative estimate of drug-likeness (QED) is 0.328. The van der Waals surface area contributed by atoms with Gasteiger partial charge >= 0.3 is 29.9 Å². The maximum atomic E-state index is 13.1. The molecular weight excluding hydrogens is 462 g/mol. The Hall–Kier alpha value is -2.35. The van der Waals surface area contributed by atoms with E-state index in [-0.39, 0.29) is 6.61 Å². The first-order chi connectivity index (χ1) is 14.0. The van der Waals surface area contributed by atoms with Crippen molar-refractivity contribution in [2.75, 3.05) is 5.75 Å². The lowest BCUT2D eigenvalue weighted by Crippen LogP contribution is -2.63. The lowest BCUT2D eigenvalue weighted by Gasteiger charge is -2.35. The number of carbonyl (C=O) groups excluding carboxylic acids is 2. The van der Waals surface area contributed by atoms with Gasteiger partial charge in [-0.2, -0.15) is 34.8 Å². The van der Waals surface area contributed by atoms with Crippen molar-refractivity contribution < 1.29 is 58.4 Å². The van der Waals surface area contributed by atoms with Gasteiger partial charge < -0.3 is 9.47 Å². The number of esters is 2. The Balaban J connectivity index is 2.74. The predicted molar refractivity (Wildman–Crippen MR) is 92.2 cm³/mol. The van der Waals surface area contributed by atoms with Gasteiger partial charge in [-0.25, -0.2) is 0 Å². The van der Waals surface area contributed by atoms with E-state index in [1.165, 1.54) is 0 Å². The van der Waals surface area contributed by atoms with Crippen LogP contribution in [0.15, 0.2) is 24.3 Å². The number of halogens is 6. The number of hydrogen-bond acceptors (Lipinski definition) is 6. The van der Waals surface area contributed by atoms with E-state index in [4.69, 9.17) is 9.29 Å². The number of hydrogen-bond donors (Lipinski definition) is 1. The molecule has 31 heavy (non-hydrogen) atoms. The second-order valence-electron chi connectivity index (χ2n) is 6.46. The van der Waals surface area contributed by atoms with E-state index in [0.717, 1.165) is 5.56 Å². The molecular formula is C17H18F6O7S. The molecule has 1 aromatic rings. The maximum absolute atomic E-state index is 13.1. The van der Waals surface area contributed by atoms with Gasteiger partial charge in [0.25, 0.3) is 10.1 Å². The Labute approximate surface area is 173 Å². The van der Waals surface area contributed by atoms with Crippen molar-refractivity contribution in [3.8, 4) is 0 Å². The minimum absolute atomic E-state index is 0.129. The summed E-state index contributed by atoms with van der Waals surface area (Å²) in [6.07, 6.45) is -14.9. The number of benzene rings is 1. The Bertz CT molecular complexity index is 879. The summed E-state index contributed by atoms with van der Waals surface area (Å²) in [5.74, 6) is -5.89. The maximum Gasteiger partial charge on any atom is 0.438 e. The molecule has 0 aliphatic rings. The molecule has 0 heterocycles. The summed E-state index contributed by atoms with van der Waals surface area (Å²) in [6, 6.07) is 6.85. The number of rotatable bonds is 9. The van der Waals surface area contributed by atoms with E-state index < -0.39 is 65.0 Å². The lowest BCUT2D eigenvalue weighted by molar-refractivity contribution is -0.361. The fourth-order valence-electron chi connectivity index (χ4n) is 2.35. The fourth-order valence-corrected chi connectivity index (χ4v) is 3.25. The summed E-state index contributed by atoms with van der Waals surface area (Å²) in [5.41, 5.74) is -3.98. The van der Waals surface area contributed by atoms with Crippen LogP contribution < -0.4 is 0 Å². The van der Waals surface area contributed by atoms with Crippen LogP contribution in [0.25, 0.3) is 0 Å². The summed E-state index contributed by atoms with van der Waals surface area (Å²) in [5, 5.41) is 0. The second-order valence-corrected chi connectivity index (χ2v) is 7.92. The highest BCUT2D eigenvalue weighted by molar-refractivity contribution is 7.85. The number of alkyl halides is 6. The van der Waals surface area contributed by atoms with Gasteiger partial charge in [0.2, 0.25) is 0 Å². The van der Waals surface area contributed by atoms with Gasteiger partial charge in [0.1, 0.15) is 12.4 Å². The lowest BCUT2D eigenvalue weighted by atomic mass is 10.1. The molecule has 7 nitrogen and oxygen atoms in total. The SMILES string of the molecule is Cc1ccccc1COC(=O)CCCC(=O)OC(CS(=O)(=O)O)(C(F)(F)F)C(F)(F)F. The number of aryl methyl sites for hydroxylation is 1. The molecule has 176 valence electrons. The topological polar surface area (TPSA) is 107 Å². The molecule has 0 saturated heterocycles. The van der Waals surface area contributed by atoms with Crippen LogP contribution in [0.4, 0.5) is 26.3 Å². The number of ether oxygens (including phenoxy) is 2. The molecule has 0 unspecified atom stereocenters. The second kappa shape index (κ2) is 9.85. The van der Waals surface area contributed by atoms with Crippen molar-refractivity contribution in [3.63, 3.8) is 0 Å². The zero-order chi connectivity index (χ0) is 24.1. The summed E-state index contributed by atoms with van der Waals surface area (Å²) < 4.78 is 117. The van der Waals surface area contributed by atoms with Crippen LogP contribution in [0, 0.1) is 6.92 Å². The Morgan fingerprint density at radius 3 is 1.97 bits per heavy atom. The van der Waals surface area contributed by atoms with Crippen LogP contribution in [-0.4, -0.2) is 48.6 Å². The zero-order valence-electron chi connectivity index (χ0n) is 15.9. The molecule has 14 heteroatoms. The minimum atomic E-state index is -6.40. The van der Waals surface area contributed by atoms with Crippen LogP contribution in [-0.2, 0) is 35.8 Å². The first-order valence-electron chi connectivity index (χ1n) is 8.49. The third kappa shape index (κ3) is 7.69. The van der Waals surface area contributed by atoms with Gasteiger partial charge in [0, 0.05) is 12.8 Å². The van der Waals surface area contributed by atoms with E-state index in [1.54, 1.807) is 31.2 Å².